The molecule has 26 heavy (non-hydrogen) atoms. The number of anilines is 1. The SMILES string of the molecule is CCCCc1nnc(NC(=O)c2c(C)nn(Cc3ccccc3)c2Cl)s1. The molecule has 0 saturated heterocycles. The van der Waals surface area contributed by atoms with Crippen molar-refractivity contribution >= 4 is 34.0 Å². The molecule has 0 radical (unpaired) electrons. The van der Waals surface area contributed by atoms with E-state index in [4.69, 9.17) is 11.6 Å². The lowest BCUT2D eigenvalue weighted by atomic mass is 10.2. The van der Waals surface area contributed by atoms with E-state index in [1.165, 1.54) is 11.3 Å². The number of aryl methyl sites for hydroxylation is 2. The smallest absolute Gasteiger partial charge is 0.262 e. The third kappa shape index (κ3) is 4.28. The lowest BCUT2D eigenvalue weighted by molar-refractivity contribution is 0.102. The molecule has 0 aliphatic heterocycles. The highest BCUT2D eigenvalue weighted by Crippen LogP contribution is 2.24. The molecule has 3 rings (SSSR count). The van der Waals surface area contributed by atoms with Crippen LogP contribution in [-0.2, 0) is 13.0 Å². The van der Waals surface area contributed by atoms with Crippen LogP contribution in [0.15, 0.2) is 30.3 Å². The standard InChI is InChI=1S/C18H20ClN5OS/c1-3-4-10-14-21-22-18(26-14)20-17(25)15-12(2)23-24(16(15)19)11-13-8-6-5-7-9-13/h5-9H,3-4,10-11H2,1-2H3,(H,20,22,25). The van der Waals surface area contributed by atoms with Crippen molar-refractivity contribution in [2.45, 2.75) is 39.7 Å². The van der Waals surface area contributed by atoms with Gasteiger partial charge in [-0.2, -0.15) is 5.10 Å². The van der Waals surface area contributed by atoms with Crippen molar-refractivity contribution in [1.82, 2.24) is 20.0 Å². The number of unbranched alkanes of at least 4 members (excludes halogenated alkanes) is 1. The summed E-state index contributed by atoms with van der Waals surface area (Å²) in [4.78, 5) is 12.6. The van der Waals surface area contributed by atoms with Crippen LogP contribution >= 0.6 is 22.9 Å². The van der Waals surface area contributed by atoms with Gasteiger partial charge in [-0.15, -0.1) is 10.2 Å². The molecule has 1 N–H and O–H groups in total. The quantitative estimate of drug-likeness (QED) is 0.652. The Kier molecular flexibility index (Phi) is 6.00. The van der Waals surface area contributed by atoms with E-state index in [9.17, 15) is 4.79 Å². The summed E-state index contributed by atoms with van der Waals surface area (Å²) < 4.78 is 1.63. The monoisotopic (exact) mass is 389 g/mol. The van der Waals surface area contributed by atoms with Gasteiger partial charge < -0.3 is 0 Å². The number of rotatable bonds is 7. The molecule has 1 aromatic carbocycles. The van der Waals surface area contributed by atoms with Crippen molar-refractivity contribution in [1.29, 1.82) is 0 Å². The molecule has 0 unspecified atom stereocenters. The van der Waals surface area contributed by atoms with Gasteiger partial charge in [-0.25, -0.2) is 4.68 Å². The third-order valence-corrected chi connectivity index (χ3v) is 5.18. The van der Waals surface area contributed by atoms with Crippen LogP contribution in [-0.4, -0.2) is 25.9 Å². The largest absolute Gasteiger partial charge is 0.296 e. The van der Waals surface area contributed by atoms with E-state index in [1.807, 2.05) is 30.3 Å². The summed E-state index contributed by atoms with van der Waals surface area (Å²) in [5.74, 6) is -0.315. The first-order chi connectivity index (χ1) is 12.6. The Labute approximate surface area is 161 Å². The summed E-state index contributed by atoms with van der Waals surface area (Å²) >= 11 is 7.81. The topological polar surface area (TPSA) is 72.7 Å². The molecule has 0 aliphatic rings. The van der Waals surface area contributed by atoms with Gasteiger partial charge in [0.25, 0.3) is 5.91 Å². The minimum absolute atomic E-state index is 0.315. The first kappa shape index (κ1) is 18.5. The molecule has 0 atom stereocenters. The van der Waals surface area contributed by atoms with Crippen LogP contribution in [0.5, 0.6) is 0 Å². The minimum Gasteiger partial charge on any atom is -0.296 e. The number of hydrogen-bond donors (Lipinski definition) is 1. The highest BCUT2D eigenvalue weighted by Gasteiger charge is 2.21. The van der Waals surface area contributed by atoms with Crippen LogP contribution in [0.1, 0.15) is 46.4 Å². The zero-order valence-corrected chi connectivity index (χ0v) is 16.3. The van der Waals surface area contributed by atoms with Gasteiger partial charge in [-0.1, -0.05) is 66.6 Å². The highest BCUT2D eigenvalue weighted by molar-refractivity contribution is 7.15. The Morgan fingerprint density at radius 1 is 1.27 bits per heavy atom. The zero-order chi connectivity index (χ0) is 18.5. The Bertz CT molecular complexity index is 890. The van der Waals surface area contributed by atoms with Crippen molar-refractivity contribution in [2.24, 2.45) is 0 Å². The Balaban J connectivity index is 1.74. The number of carbonyl (C=O) groups excluding carboxylic acids is 1. The Morgan fingerprint density at radius 2 is 2.04 bits per heavy atom. The summed E-state index contributed by atoms with van der Waals surface area (Å²) in [5, 5.41) is 17.0. The lowest BCUT2D eigenvalue weighted by Crippen LogP contribution is -2.13. The molecular formula is C18H20ClN5OS. The third-order valence-electron chi connectivity index (χ3n) is 3.90. The van der Waals surface area contributed by atoms with Gasteiger partial charge in [-0.05, 0) is 18.9 Å². The van der Waals surface area contributed by atoms with Gasteiger partial charge in [0.05, 0.1) is 17.8 Å². The van der Waals surface area contributed by atoms with Crippen LogP contribution in [0.25, 0.3) is 0 Å². The van der Waals surface area contributed by atoms with E-state index in [2.05, 4.69) is 27.5 Å². The highest BCUT2D eigenvalue weighted by atomic mass is 35.5. The van der Waals surface area contributed by atoms with Crippen molar-refractivity contribution in [3.8, 4) is 0 Å². The number of amides is 1. The maximum absolute atomic E-state index is 12.6. The first-order valence-corrected chi connectivity index (χ1v) is 9.68. The van der Waals surface area contributed by atoms with E-state index < -0.39 is 0 Å². The van der Waals surface area contributed by atoms with Crippen LogP contribution < -0.4 is 5.32 Å². The van der Waals surface area contributed by atoms with Crippen molar-refractivity contribution in [3.63, 3.8) is 0 Å². The number of aromatic nitrogens is 4. The van der Waals surface area contributed by atoms with Gasteiger partial charge in [0, 0.05) is 6.42 Å². The average molecular weight is 390 g/mol. The van der Waals surface area contributed by atoms with E-state index in [1.54, 1.807) is 11.6 Å². The minimum atomic E-state index is -0.315. The van der Waals surface area contributed by atoms with E-state index in [0.29, 0.717) is 28.1 Å². The van der Waals surface area contributed by atoms with Gasteiger partial charge >= 0.3 is 0 Å². The number of benzene rings is 1. The van der Waals surface area contributed by atoms with Crippen LogP contribution in [0.4, 0.5) is 5.13 Å². The maximum Gasteiger partial charge on any atom is 0.262 e. The molecule has 0 aliphatic carbocycles. The van der Waals surface area contributed by atoms with Crippen LogP contribution in [0.2, 0.25) is 5.15 Å². The molecule has 0 fully saturated rings. The van der Waals surface area contributed by atoms with E-state index >= 15 is 0 Å². The van der Waals surface area contributed by atoms with Crippen LogP contribution in [0, 0.1) is 6.92 Å². The summed E-state index contributed by atoms with van der Waals surface area (Å²) in [6.45, 7) is 4.41. The summed E-state index contributed by atoms with van der Waals surface area (Å²) in [6, 6.07) is 9.85. The number of hydrogen-bond acceptors (Lipinski definition) is 5. The van der Waals surface area contributed by atoms with Gasteiger partial charge in [-0.3, -0.25) is 10.1 Å². The molecule has 2 aromatic heterocycles. The fourth-order valence-corrected chi connectivity index (χ4v) is 3.66. The molecule has 6 nitrogen and oxygen atoms in total. The van der Waals surface area contributed by atoms with Crippen molar-refractivity contribution in [2.75, 3.05) is 5.32 Å². The molecule has 3 aromatic rings. The lowest BCUT2D eigenvalue weighted by Gasteiger charge is -2.04. The second-order valence-corrected chi connectivity index (χ2v) is 7.37. The molecule has 2 heterocycles. The molecule has 0 spiro atoms. The number of nitrogens with zero attached hydrogens (tertiary/aromatic N) is 4. The summed E-state index contributed by atoms with van der Waals surface area (Å²) in [7, 11) is 0. The van der Waals surface area contributed by atoms with Crippen molar-refractivity contribution in [3.05, 3.63) is 57.3 Å². The van der Waals surface area contributed by atoms with Gasteiger partial charge in [0.1, 0.15) is 10.2 Å². The second kappa shape index (κ2) is 8.42. The van der Waals surface area contributed by atoms with E-state index in [-0.39, 0.29) is 5.91 Å². The number of nitrogens with one attached hydrogen (secondary N) is 1. The van der Waals surface area contributed by atoms with Crippen molar-refractivity contribution < 1.29 is 4.79 Å². The molecule has 0 bridgehead atoms. The summed E-state index contributed by atoms with van der Waals surface area (Å²) in [5.41, 5.74) is 2.01. The zero-order valence-electron chi connectivity index (χ0n) is 14.7. The Hall–Kier alpha value is -2.25. The fourth-order valence-electron chi connectivity index (χ4n) is 2.57. The molecule has 8 heteroatoms. The molecule has 0 saturated carbocycles. The van der Waals surface area contributed by atoms with Gasteiger partial charge in [0.2, 0.25) is 5.13 Å². The summed E-state index contributed by atoms with van der Waals surface area (Å²) in [6.07, 6.45) is 3.02. The van der Waals surface area contributed by atoms with E-state index in [0.717, 1.165) is 29.8 Å². The Morgan fingerprint density at radius 3 is 2.77 bits per heavy atom. The molecule has 136 valence electrons. The second-order valence-electron chi connectivity index (χ2n) is 5.95. The molecule has 1 amide bonds. The normalized spacial score (nSPS) is 10.9. The number of halogens is 1. The molecular weight excluding hydrogens is 370 g/mol. The maximum atomic E-state index is 12.6. The number of carbonyl (C=O) groups is 1. The van der Waals surface area contributed by atoms with Crippen LogP contribution in [0.3, 0.4) is 0 Å². The predicted octanol–water partition coefficient (Wildman–Crippen LogP) is 4.34. The van der Waals surface area contributed by atoms with Gasteiger partial charge in [0.15, 0.2) is 0 Å². The predicted molar refractivity (Wildman–Crippen MR) is 104 cm³/mol. The first-order valence-electron chi connectivity index (χ1n) is 8.49. The fraction of sp³-hybridized carbons (Fsp3) is 0.333. The average Bonchev–Trinajstić information content (AvgIpc) is 3.18.